The van der Waals surface area contributed by atoms with E-state index in [-0.39, 0.29) is 45.0 Å². The van der Waals surface area contributed by atoms with Crippen LogP contribution in [0.3, 0.4) is 0 Å². The maximum atomic E-state index is 13.0. The minimum Gasteiger partial charge on any atom is -0.348 e. The minimum absolute atomic E-state index is 0.0203. The predicted octanol–water partition coefficient (Wildman–Crippen LogP) is 4.55. The molecule has 1 amide bonds. The first-order valence-electron chi connectivity index (χ1n) is 10.9. The van der Waals surface area contributed by atoms with E-state index in [4.69, 9.17) is 70.2 Å². The molecule has 2 fully saturated rings. The van der Waals surface area contributed by atoms with Gasteiger partial charge in [-0.2, -0.15) is 0 Å². The van der Waals surface area contributed by atoms with Gasteiger partial charge in [-0.15, -0.1) is 0 Å². The molecule has 2 N–H and O–H groups in total. The highest BCUT2D eigenvalue weighted by Crippen LogP contribution is 2.59. The molecule has 0 spiro atoms. The molecule has 0 radical (unpaired) electrons. The molecule has 6 nitrogen and oxygen atoms in total. The van der Waals surface area contributed by atoms with E-state index in [0.717, 1.165) is 12.1 Å². The van der Waals surface area contributed by atoms with Gasteiger partial charge >= 0.3 is 0 Å². The number of thiocarbonyl (C=S) groups is 1. The number of rotatable bonds is 4. The quantitative estimate of drug-likeness (QED) is 0.308. The molecule has 3 heterocycles. The molecule has 1 aromatic rings. The van der Waals surface area contributed by atoms with Crippen LogP contribution in [0.2, 0.25) is 0 Å². The first kappa shape index (κ1) is 26.4. The van der Waals surface area contributed by atoms with Gasteiger partial charge in [-0.05, 0) is 48.0 Å². The zero-order valence-corrected chi connectivity index (χ0v) is 23.1. The average molecular weight is 587 g/mol. The van der Waals surface area contributed by atoms with Crippen LogP contribution in [0.4, 0.5) is 0 Å². The highest BCUT2D eigenvalue weighted by Gasteiger charge is 2.61. The van der Waals surface area contributed by atoms with Gasteiger partial charge in [0.25, 0.3) is 5.56 Å². The monoisotopic (exact) mass is 584 g/mol. The van der Waals surface area contributed by atoms with Gasteiger partial charge in [-0.1, -0.05) is 77.9 Å². The predicted molar refractivity (Wildman–Crippen MR) is 142 cm³/mol. The molecule has 5 atom stereocenters. The Labute approximate surface area is 228 Å². The second-order valence-corrected chi connectivity index (χ2v) is 13.6. The Bertz CT molecular complexity index is 1080. The number of fused-ring (bicyclic) bond motifs is 4. The second kappa shape index (κ2) is 9.64. The number of carbonyl (C=O) groups is 1. The topological polar surface area (TPSA) is 66.4 Å². The lowest BCUT2D eigenvalue weighted by atomic mass is 9.83. The van der Waals surface area contributed by atoms with Crippen LogP contribution in [-0.4, -0.2) is 43.5 Å². The number of carbonyl (C=O) groups excluding carboxylic acids is 1. The zero-order chi connectivity index (χ0) is 25.0. The Hall–Kier alpha value is -0.700. The van der Waals surface area contributed by atoms with Gasteiger partial charge in [0.15, 0.2) is 5.11 Å². The van der Waals surface area contributed by atoms with Gasteiger partial charge in [-0.25, -0.2) is 0 Å². The largest absolute Gasteiger partial charge is 0.348 e. The molecule has 0 unspecified atom stereocenters. The summed E-state index contributed by atoms with van der Waals surface area (Å²) in [6.45, 7) is 5.84. The smallest absolute Gasteiger partial charge is 0.250 e. The van der Waals surface area contributed by atoms with Crippen molar-refractivity contribution >= 4 is 81.2 Å². The molecule has 2 aliphatic heterocycles. The fourth-order valence-corrected chi connectivity index (χ4v) is 6.20. The SMILES string of the molecule is CC1(C)[C@H](C=C(Cl)Cl)[C@@H]1C(=O)N[C@@H](NC(=S)N1C[C@@H]2C[C@H](C1)c1cccc(=O)n1C2)C(Cl)(Cl)Cl. The summed E-state index contributed by atoms with van der Waals surface area (Å²) in [5.74, 6) is -0.329. The van der Waals surface area contributed by atoms with E-state index in [1.54, 1.807) is 18.2 Å². The molecule has 34 heavy (non-hydrogen) atoms. The molecule has 1 saturated carbocycles. The lowest BCUT2D eigenvalue weighted by Gasteiger charge is -2.44. The number of alkyl halides is 3. The summed E-state index contributed by atoms with van der Waals surface area (Å²) in [4.78, 5) is 27.3. The first-order chi connectivity index (χ1) is 15.8. The second-order valence-electron chi connectivity index (χ2n) is 9.82. The maximum absolute atomic E-state index is 13.0. The van der Waals surface area contributed by atoms with Crippen molar-refractivity contribution in [2.45, 2.75) is 42.7 Å². The standard InChI is InChI=1S/C22H25Cl5N4O2S/c1-21(2)13(7-15(23)24)17(21)18(33)28-19(22(25,26)27)29-20(34)30-8-11-6-12(10-30)14-4-3-5-16(32)31(14)9-11/h3-5,7,11-13,17,19H,6,8-10H2,1-2H3,(H,28,33)(H,29,34)/t11-,12+,13+,17+,19-/m0/s1. The van der Waals surface area contributed by atoms with E-state index in [2.05, 4.69) is 10.6 Å². The molecular weight excluding hydrogens is 562 g/mol. The Morgan fingerprint density at radius 2 is 1.91 bits per heavy atom. The van der Waals surface area contributed by atoms with Gasteiger partial charge in [-0.3, -0.25) is 9.59 Å². The van der Waals surface area contributed by atoms with Crippen LogP contribution in [0.15, 0.2) is 33.6 Å². The third kappa shape index (κ3) is 5.35. The summed E-state index contributed by atoms with van der Waals surface area (Å²) in [7, 11) is 0. The number of nitrogens with zero attached hydrogens (tertiary/aromatic N) is 2. The molecule has 12 heteroatoms. The van der Waals surface area contributed by atoms with Crippen molar-refractivity contribution < 1.29 is 4.79 Å². The Kier molecular flexibility index (Phi) is 7.47. The first-order valence-corrected chi connectivity index (χ1v) is 13.2. The third-order valence-electron chi connectivity index (χ3n) is 7.15. The molecular formula is C22H25Cl5N4O2S. The maximum Gasteiger partial charge on any atom is 0.250 e. The number of nitrogens with one attached hydrogen (secondary N) is 2. The van der Waals surface area contributed by atoms with E-state index in [1.165, 1.54) is 0 Å². The summed E-state index contributed by atoms with van der Waals surface area (Å²) in [5, 5.41) is 6.22. The normalized spacial score (nSPS) is 27.8. The van der Waals surface area contributed by atoms with Gasteiger partial charge in [0.1, 0.15) is 10.7 Å². The summed E-state index contributed by atoms with van der Waals surface area (Å²) >= 11 is 35.9. The number of aromatic nitrogens is 1. The minimum atomic E-state index is -1.85. The third-order valence-corrected chi connectivity index (χ3v) is 8.43. The van der Waals surface area contributed by atoms with Crippen LogP contribution >= 0.6 is 70.2 Å². The molecule has 4 rings (SSSR count). The molecule has 1 aromatic heterocycles. The fourth-order valence-electron chi connectivity index (χ4n) is 5.33. The van der Waals surface area contributed by atoms with Crippen molar-refractivity contribution in [3.63, 3.8) is 0 Å². The van der Waals surface area contributed by atoms with E-state index >= 15 is 0 Å². The number of hydrogen-bond acceptors (Lipinski definition) is 3. The number of hydrogen-bond donors (Lipinski definition) is 2. The van der Waals surface area contributed by atoms with E-state index < -0.39 is 9.96 Å². The van der Waals surface area contributed by atoms with E-state index in [9.17, 15) is 9.59 Å². The summed E-state index contributed by atoms with van der Waals surface area (Å²) < 4.78 is 0.122. The summed E-state index contributed by atoms with van der Waals surface area (Å²) in [6.07, 6.45) is 1.61. The molecule has 3 aliphatic rings. The molecule has 0 aromatic carbocycles. The molecule has 1 aliphatic carbocycles. The Morgan fingerprint density at radius 1 is 1.21 bits per heavy atom. The van der Waals surface area contributed by atoms with Crippen LogP contribution in [0, 0.1) is 23.2 Å². The number of allylic oxidation sites excluding steroid dienone is 1. The zero-order valence-electron chi connectivity index (χ0n) is 18.5. The van der Waals surface area contributed by atoms with Crippen molar-refractivity contribution in [3.8, 4) is 0 Å². The van der Waals surface area contributed by atoms with Crippen LogP contribution in [-0.2, 0) is 11.3 Å². The number of pyridine rings is 1. The number of halogens is 5. The van der Waals surface area contributed by atoms with Crippen LogP contribution in [0.1, 0.15) is 31.9 Å². The highest BCUT2D eigenvalue weighted by atomic mass is 35.6. The van der Waals surface area contributed by atoms with Crippen LogP contribution in [0.5, 0.6) is 0 Å². The van der Waals surface area contributed by atoms with Crippen molar-refractivity contribution in [2.24, 2.45) is 23.2 Å². The van der Waals surface area contributed by atoms with Crippen molar-refractivity contribution in [1.82, 2.24) is 20.1 Å². The van der Waals surface area contributed by atoms with Crippen molar-refractivity contribution in [3.05, 3.63) is 44.8 Å². The summed E-state index contributed by atoms with van der Waals surface area (Å²) in [6, 6.07) is 5.37. The molecule has 1 saturated heterocycles. The van der Waals surface area contributed by atoms with Crippen molar-refractivity contribution in [2.75, 3.05) is 13.1 Å². The van der Waals surface area contributed by atoms with Gasteiger partial charge in [0.2, 0.25) is 9.70 Å². The van der Waals surface area contributed by atoms with E-state index in [1.807, 2.05) is 29.4 Å². The van der Waals surface area contributed by atoms with Crippen LogP contribution < -0.4 is 16.2 Å². The number of likely N-dealkylation sites (tertiary alicyclic amines) is 1. The van der Waals surface area contributed by atoms with Gasteiger partial charge in [0.05, 0.1) is 5.92 Å². The number of piperidine rings is 1. The highest BCUT2D eigenvalue weighted by molar-refractivity contribution is 7.80. The van der Waals surface area contributed by atoms with Gasteiger partial charge in [0, 0.05) is 37.3 Å². The summed E-state index contributed by atoms with van der Waals surface area (Å²) in [5.41, 5.74) is 0.704. The van der Waals surface area contributed by atoms with Crippen molar-refractivity contribution in [1.29, 1.82) is 0 Å². The van der Waals surface area contributed by atoms with Crippen LogP contribution in [0.25, 0.3) is 0 Å². The average Bonchev–Trinajstić information content (AvgIpc) is 3.26. The number of amides is 1. The Balaban J connectivity index is 1.45. The lowest BCUT2D eigenvalue weighted by molar-refractivity contribution is -0.123. The fraction of sp³-hybridized carbons (Fsp3) is 0.591. The van der Waals surface area contributed by atoms with Gasteiger partial charge < -0.3 is 20.1 Å². The lowest BCUT2D eigenvalue weighted by Crippen LogP contribution is -2.60. The van der Waals surface area contributed by atoms with E-state index in [0.29, 0.717) is 24.7 Å². The molecule has 2 bridgehead atoms. The molecule has 186 valence electrons. The Morgan fingerprint density at radius 3 is 2.56 bits per heavy atom.